The summed E-state index contributed by atoms with van der Waals surface area (Å²) in [6, 6.07) is 5.56. The van der Waals surface area contributed by atoms with Gasteiger partial charge in [-0.15, -0.1) is 24.0 Å². The average molecular weight is 532 g/mol. The van der Waals surface area contributed by atoms with E-state index in [0.29, 0.717) is 37.2 Å². The Morgan fingerprint density at radius 3 is 2.87 bits per heavy atom. The minimum absolute atomic E-state index is 0. The van der Waals surface area contributed by atoms with Gasteiger partial charge in [-0.3, -0.25) is 14.7 Å². The lowest BCUT2D eigenvalue weighted by Crippen LogP contribution is -2.46. The number of pyridine rings is 1. The molecule has 1 aliphatic rings. The van der Waals surface area contributed by atoms with Crippen LogP contribution in [0.5, 0.6) is 0 Å². The molecule has 0 spiro atoms. The van der Waals surface area contributed by atoms with Crippen molar-refractivity contribution in [1.29, 1.82) is 0 Å². The number of hydrogen-bond acceptors (Lipinski definition) is 5. The van der Waals surface area contributed by atoms with Crippen molar-refractivity contribution in [1.82, 2.24) is 20.5 Å². The summed E-state index contributed by atoms with van der Waals surface area (Å²) < 4.78 is 5.86. The highest BCUT2D eigenvalue weighted by atomic mass is 127. The highest BCUT2D eigenvalue weighted by Crippen LogP contribution is 2.08. The molecule has 0 saturated carbocycles. The summed E-state index contributed by atoms with van der Waals surface area (Å²) in [5.41, 5.74) is 0.874. The van der Waals surface area contributed by atoms with Gasteiger partial charge in [-0.1, -0.05) is 19.9 Å². The molecular weight excluding hydrogens is 495 g/mol. The molecule has 0 aromatic carbocycles. The van der Waals surface area contributed by atoms with Gasteiger partial charge in [0.05, 0.1) is 19.3 Å². The molecule has 1 fully saturated rings. The number of amides is 1. The van der Waals surface area contributed by atoms with E-state index in [9.17, 15) is 4.79 Å². The molecule has 1 unspecified atom stereocenters. The molecule has 2 heterocycles. The summed E-state index contributed by atoms with van der Waals surface area (Å²) in [6.45, 7) is 14.0. The molecule has 1 amide bonds. The van der Waals surface area contributed by atoms with Crippen molar-refractivity contribution >= 4 is 41.7 Å². The normalized spacial score (nSPS) is 17.4. The van der Waals surface area contributed by atoms with Gasteiger partial charge in [-0.25, -0.2) is 4.98 Å². The van der Waals surface area contributed by atoms with Gasteiger partial charge >= 0.3 is 0 Å². The Morgan fingerprint density at radius 1 is 1.37 bits per heavy atom. The van der Waals surface area contributed by atoms with Crippen molar-refractivity contribution in [3.63, 3.8) is 0 Å². The van der Waals surface area contributed by atoms with Gasteiger partial charge < -0.3 is 20.7 Å². The first-order chi connectivity index (χ1) is 14.0. The van der Waals surface area contributed by atoms with E-state index in [0.717, 1.165) is 38.5 Å². The van der Waals surface area contributed by atoms with Gasteiger partial charge in [0.2, 0.25) is 5.91 Å². The number of halogens is 1. The standard InChI is InChI=1S/C21H36N6O2.HI/c1-5-22-21(24-13-18-15-27(11-12-29-18)14-16(2)3)23-10-9-20(28)26-19-8-6-7-17(4)25-19;/h6-8,16,18H,5,9-15H2,1-4H3,(H2,22,23,24)(H,25,26,28);1H. The third-order valence-corrected chi connectivity index (χ3v) is 4.44. The number of rotatable bonds is 9. The van der Waals surface area contributed by atoms with Crippen LogP contribution in [-0.2, 0) is 9.53 Å². The Kier molecular flexibility index (Phi) is 12.9. The molecule has 1 aromatic heterocycles. The van der Waals surface area contributed by atoms with E-state index in [-0.39, 0.29) is 36.0 Å². The summed E-state index contributed by atoms with van der Waals surface area (Å²) in [4.78, 5) is 23.5. The SMILES string of the molecule is CCNC(=NCC1CN(CC(C)C)CCO1)NCCC(=O)Nc1cccc(C)n1.I. The third kappa shape index (κ3) is 10.5. The highest BCUT2D eigenvalue weighted by Gasteiger charge is 2.20. The van der Waals surface area contributed by atoms with Crippen LogP contribution in [0.2, 0.25) is 0 Å². The number of guanidine groups is 1. The second-order valence-corrected chi connectivity index (χ2v) is 7.76. The van der Waals surface area contributed by atoms with E-state index < -0.39 is 0 Å². The molecule has 1 saturated heterocycles. The fourth-order valence-electron chi connectivity index (χ4n) is 3.22. The molecule has 0 radical (unpaired) electrons. The molecule has 0 bridgehead atoms. The first-order valence-corrected chi connectivity index (χ1v) is 10.6. The zero-order valence-corrected chi connectivity index (χ0v) is 20.9. The molecule has 1 aliphatic heterocycles. The summed E-state index contributed by atoms with van der Waals surface area (Å²) >= 11 is 0. The van der Waals surface area contributed by atoms with E-state index >= 15 is 0 Å². The number of aromatic nitrogens is 1. The zero-order valence-electron chi connectivity index (χ0n) is 18.6. The smallest absolute Gasteiger partial charge is 0.227 e. The lowest BCUT2D eigenvalue weighted by molar-refractivity contribution is -0.116. The topological polar surface area (TPSA) is 90.9 Å². The van der Waals surface area contributed by atoms with Gasteiger partial charge in [0.25, 0.3) is 0 Å². The molecule has 1 aromatic rings. The van der Waals surface area contributed by atoms with Crippen molar-refractivity contribution in [3.8, 4) is 0 Å². The summed E-state index contributed by atoms with van der Waals surface area (Å²) in [5, 5.41) is 9.26. The van der Waals surface area contributed by atoms with E-state index in [4.69, 9.17) is 4.74 Å². The Morgan fingerprint density at radius 2 is 2.17 bits per heavy atom. The van der Waals surface area contributed by atoms with Gasteiger partial charge in [-0.2, -0.15) is 0 Å². The first kappa shape index (κ1) is 26.6. The molecule has 30 heavy (non-hydrogen) atoms. The number of anilines is 1. The monoisotopic (exact) mass is 532 g/mol. The summed E-state index contributed by atoms with van der Waals surface area (Å²) in [7, 11) is 0. The van der Waals surface area contributed by atoms with E-state index in [1.165, 1.54) is 0 Å². The van der Waals surface area contributed by atoms with E-state index in [1.807, 2.05) is 26.0 Å². The van der Waals surface area contributed by atoms with Crippen LogP contribution in [0.4, 0.5) is 5.82 Å². The number of morpholine rings is 1. The number of hydrogen-bond donors (Lipinski definition) is 3. The van der Waals surface area contributed by atoms with Crippen LogP contribution in [0.1, 0.15) is 32.9 Å². The number of ether oxygens (including phenoxy) is 1. The third-order valence-electron chi connectivity index (χ3n) is 4.44. The number of aryl methyl sites for hydroxylation is 1. The van der Waals surface area contributed by atoms with Crippen LogP contribution in [0, 0.1) is 12.8 Å². The fourth-order valence-corrected chi connectivity index (χ4v) is 3.22. The van der Waals surface area contributed by atoms with Crippen molar-refractivity contribution in [2.24, 2.45) is 10.9 Å². The molecular formula is C21H37IN6O2. The zero-order chi connectivity index (χ0) is 21.1. The van der Waals surface area contributed by atoms with Crippen LogP contribution in [0.15, 0.2) is 23.2 Å². The second-order valence-electron chi connectivity index (χ2n) is 7.76. The van der Waals surface area contributed by atoms with Gasteiger partial charge in [0.15, 0.2) is 5.96 Å². The van der Waals surface area contributed by atoms with Crippen molar-refractivity contribution < 1.29 is 9.53 Å². The molecule has 3 N–H and O–H groups in total. The molecule has 8 nitrogen and oxygen atoms in total. The maximum absolute atomic E-state index is 12.1. The number of aliphatic imine (C=N–C) groups is 1. The molecule has 1 atom stereocenters. The minimum Gasteiger partial charge on any atom is -0.374 e. The van der Waals surface area contributed by atoms with Crippen molar-refractivity contribution in [2.75, 3.05) is 51.2 Å². The predicted molar refractivity (Wildman–Crippen MR) is 133 cm³/mol. The van der Waals surface area contributed by atoms with Crippen LogP contribution in [0.3, 0.4) is 0 Å². The Labute approximate surface area is 197 Å². The van der Waals surface area contributed by atoms with Crippen molar-refractivity contribution in [2.45, 2.75) is 40.2 Å². The highest BCUT2D eigenvalue weighted by molar-refractivity contribution is 14.0. The Balaban J connectivity index is 0.00000450. The number of nitrogens with one attached hydrogen (secondary N) is 3. The first-order valence-electron chi connectivity index (χ1n) is 10.6. The van der Waals surface area contributed by atoms with Gasteiger partial charge in [0, 0.05) is 44.8 Å². The molecule has 170 valence electrons. The van der Waals surface area contributed by atoms with E-state index in [2.05, 4.69) is 44.7 Å². The summed E-state index contributed by atoms with van der Waals surface area (Å²) in [6.07, 6.45) is 0.441. The van der Waals surface area contributed by atoms with E-state index in [1.54, 1.807) is 6.07 Å². The maximum Gasteiger partial charge on any atom is 0.227 e. The second kappa shape index (κ2) is 14.5. The Bertz CT molecular complexity index is 671. The van der Waals surface area contributed by atoms with Gasteiger partial charge in [-0.05, 0) is 31.9 Å². The van der Waals surface area contributed by atoms with Crippen LogP contribution in [-0.4, -0.2) is 73.7 Å². The summed E-state index contributed by atoms with van der Waals surface area (Å²) in [5.74, 6) is 1.86. The Hall–Kier alpha value is -1.46. The number of nitrogens with zero attached hydrogens (tertiary/aromatic N) is 3. The van der Waals surface area contributed by atoms with Crippen LogP contribution in [0.25, 0.3) is 0 Å². The van der Waals surface area contributed by atoms with Crippen LogP contribution < -0.4 is 16.0 Å². The van der Waals surface area contributed by atoms with Crippen molar-refractivity contribution in [3.05, 3.63) is 23.9 Å². The van der Waals surface area contributed by atoms with Crippen LogP contribution >= 0.6 is 24.0 Å². The lowest BCUT2D eigenvalue weighted by atomic mass is 10.2. The quantitative estimate of drug-likeness (QED) is 0.257. The lowest BCUT2D eigenvalue weighted by Gasteiger charge is -2.33. The number of carbonyl (C=O) groups is 1. The molecule has 2 rings (SSSR count). The molecule has 0 aliphatic carbocycles. The fraction of sp³-hybridized carbons (Fsp3) is 0.667. The largest absolute Gasteiger partial charge is 0.374 e. The number of carbonyl (C=O) groups excluding carboxylic acids is 1. The minimum atomic E-state index is -0.0774. The van der Waals surface area contributed by atoms with Gasteiger partial charge in [0.1, 0.15) is 5.82 Å². The maximum atomic E-state index is 12.1. The molecule has 9 heteroatoms. The predicted octanol–water partition coefficient (Wildman–Crippen LogP) is 2.25. The average Bonchev–Trinajstić information content (AvgIpc) is 2.66.